The molecular weight excluding hydrogens is 341 g/mol. The van der Waals surface area contributed by atoms with Gasteiger partial charge < -0.3 is 19.3 Å². The number of hydrogen-bond acceptors (Lipinski definition) is 4. The van der Waals surface area contributed by atoms with Gasteiger partial charge in [-0.05, 0) is 17.7 Å². The molecule has 1 aromatic carbocycles. The molecule has 0 saturated carbocycles. The summed E-state index contributed by atoms with van der Waals surface area (Å²) in [7, 11) is 2.99. The van der Waals surface area contributed by atoms with Gasteiger partial charge in [0.1, 0.15) is 0 Å². The monoisotopic (exact) mass is 360 g/mol. The molecule has 0 bridgehead atoms. The maximum Gasteiger partial charge on any atom is 0.471 e. The first kappa shape index (κ1) is 18.9. The van der Waals surface area contributed by atoms with Crippen LogP contribution in [0, 0.1) is 0 Å². The maximum absolute atomic E-state index is 12.4. The Morgan fingerprint density at radius 3 is 2.08 bits per heavy atom. The first-order chi connectivity index (χ1) is 11.8. The zero-order valence-electron chi connectivity index (χ0n) is 13.9. The van der Waals surface area contributed by atoms with E-state index in [1.807, 2.05) is 0 Å². The van der Waals surface area contributed by atoms with Crippen molar-refractivity contribution in [3.63, 3.8) is 0 Å². The van der Waals surface area contributed by atoms with Crippen LogP contribution in [0.4, 0.5) is 13.2 Å². The number of alkyl halides is 3. The molecule has 1 aromatic rings. The molecule has 0 spiro atoms. The number of carbonyl (C=O) groups excluding carboxylic acids is 2. The summed E-state index contributed by atoms with van der Waals surface area (Å²) in [5.74, 6) is -1.04. The highest BCUT2D eigenvalue weighted by molar-refractivity contribution is 5.83. The van der Waals surface area contributed by atoms with Crippen LogP contribution in [0.5, 0.6) is 11.5 Å². The van der Waals surface area contributed by atoms with Gasteiger partial charge in [-0.2, -0.15) is 13.2 Å². The van der Waals surface area contributed by atoms with Crippen molar-refractivity contribution in [1.82, 2.24) is 9.80 Å². The summed E-state index contributed by atoms with van der Waals surface area (Å²) in [4.78, 5) is 25.7. The second-order valence-corrected chi connectivity index (χ2v) is 5.54. The fourth-order valence-corrected chi connectivity index (χ4v) is 2.62. The van der Waals surface area contributed by atoms with Crippen molar-refractivity contribution in [3.05, 3.63) is 23.8 Å². The second kappa shape index (κ2) is 7.62. The molecule has 138 valence electrons. The van der Waals surface area contributed by atoms with Crippen molar-refractivity contribution < 1.29 is 32.2 Å². The van der Waals surface area contributed by atoms with Crippen LogP contribution in [0.1, 0.15) is 5.56 Å². The van der Waals surface area contributed by atoms with Crippen LogP contribution in [0.3, 0.4) is 0 Å². The molecule has 1 aliphatic heterocycles. The number of hydrogen-bond donors (Lipinski definition) is 0. The Morgan fingerprint density at radius 1 is 1.00 bits per heavy atom. The van der Waals surface area contributed by atoms with E-state index in [1.165, 1.54) is 19.1 Å². The van der Waals surface area contributed by atoms with Crippen molar-refractivity contribution in [3.8, 4) is 11.5 Å². The third-order valence-corrected chi connectivity index (χ3v) is 3.97. The van der Waals surface area contributed by atoms with Crippen molar-refractivity contribution in [2.45, 2.75) is 12.6 Å². The molecule has 2 rings (SSSR count). The predicted octanol–water partition coefficient (Wildman–Crippen LogP) is 1.48. The molecule has 1 saturated heterocycles. The van der Waals surface area contributed by atoms with E-state index in [4.69, 9.17) is 9.47 Å². The fourth-order valence-electron chi connectivity index (χ4n) is 2.62. The van der Waals surface area contributed by atoms with Crippen molar-refractivity contribution >= 4 is 11.8 Å². The highest BCUT2D eigenvalue weighted by atomic mass is 19.4. The average molecular weight is 360 g/mol. The number of rotatable bonds is 4. The number of halogens is 3. The summed E-state index contributed by atoms with van der Waals surface area (Å²) in [5, 5.41) is 0. The van der Waals surface area contributed by atoms with E-state index in [0.717, 1.165) is 4.90 Å². The van der Waals surface area contributed by atoms with Gasteiger partial charge in [0.15, 0.2) is 11.5 Å². The van der Waals surface area contributed by atoms with Gasteiger partial charge in [0.25, 0.3) is 0 Å². The topological polar surface area (TPSA) is 59.1 Å². The number of nitrogens with zero attached hydrogens (tertiary/aromatic N) is 2. The van der Waals surface area contributed by atoms with Crippen LogP contribution in [-0.4, -0.2) is 68.2 Å². The summed E-state index contributed by atoms with van der Waals surface area (Å²) in [6.45, 7) is -0.103. The van der Waals surface area contributed by atoms with Crippen LogP contribution in [0.25, 0.3) is 0 Å². The number of ether oxygens (including phenoxy) is 2. The van der Waals surface area contributed by atoms with Crippen LogP contribution in [0.2, 0.25) is 0 Å². The van der Waals surface area contributed by atoms with E-state index in [9.17, 15) is 22.8 Å². The summed E-state index contributed by atoms with van der Waals surface area (Å²) in [6, 6.07) is 5.09. The van der Waals surface area contributed by atoms with E-state index in [-0.39, 0.29) is 38.5 Å². The van der Waals surface area contributed by atoms with Gasteiger partial charge in [-0.1, -0.05) is 6.07 Å². The predicted molar refractivity (Wildman–Crippen MR) is 82.5 cm³/mol. The molecular formula is C16H19F3N2O4. The molecule has 1 heterocycles. The first-order valence-electron chi connectivity index (χ1n) is 7.61. The Labute approximate surface area is 143 Å². The van der Waals surface area contributed by atoms with Crippen molar-refractivity contribution in [2.24, 2.45) is 0 Å². The van der Waals surface area contributed by atoms with Crippen molar-refractivity contribution in [1.29, 1.82) is 0 Å². The highest BCUT2D eigenvalue weighted by Crippen LogP contribution is 2.28. The molecule has 0 unspecified atom stereocenters. The minimum atomic E-state index is -4.88. The van der Waals surface area contributed by atoms with Gasteiger partial charge in [0.05, 0.1) is 20.6 Å². The van der Waals surface area contributed by atoms with Gasteiger partial charge in [-0.25, -0.2) is 0 Å². The SMILES string of the molecule is COc1ccc(CC(=O)N2CCN(C(=O)C(F)(F)F)CC2)cc1OC. The van der Waals surface area contributed by atoms with Gasteiger partial charge in [-0.15, -0.1) is 0 Å². The van der Waals surface area contributed by atoms with E-state index in [2.05, 4.69) is 0 Å². The average Bonchev–Trinajstić information content (AvgIpc) is 2.60. The lowest BCUT2D eigenvalue weighted by atomic mass is 10.1. The lowest BCUT2D eigenvalue weighted by molar-refractivity contribution is -0.187. The zero-order chi connectivity index (χ0) is 18.6. The normalized spacial score (nSPS) is 15.1. The summed E-state index contributed by atoms with van der Waals surface area (Å²) < 4.78 is 47.5. The van der Waals surface area contributed by atoms with Crippen LogP contribution < -0.4 is 9.47 Å². The van der Waals surface area contributed by atoms with E-state index >= 15 is 0 Å². The molecule has 0 radical (unpaired) electrons. The van der Waals surface area contributed by atoms with E-state index in [0.29, 0.717) is 17.1 Å². The smallest absolute Gasteiger partial charge is 0.471 e. The molecule has 9 heteroatoms. The van der Waals surface area contributed by atoms with Gasteiger partial charge in [0, 0.05) is 26.2 Å². The number of benzene rings is 1. The number of piperazine rings is 1. The van der Waals surface area contributed by atoms with Gasteiger partial charge in [-0.3, -0.25) is 9.59 Å². The Balaban J connectivity index is 1.94. The minimum Gasteiger partial charge on any atom is -0.493 e. The molecule has 25 heavy (non-hydrogen) atoms. The van der Waals surface area contributed by atoms with Crippen molar-refractivity contribution in [2.75, 3.05) is 40.4 Å². The Hall–Kier alpha value is -2.45. The molecule has 0 aromatic heterocycles. The molecule has 0 N–H and O–H groups in total. The first-order valence-corrected chi connectivity index (χ1v) is 7.61. The van der Waals surface area contributed by atoms with Gasteiger partial charge >= 0.3 is 12.1 Å². The summed E-state index contributed by atoms with van der Waals surface area (Å²) in [6.07, 6.45) is -4.79. The fraction of sp³-hybridized carbons (Fsp3) is 0.500. The zero-order valence-corrected chi connectivity index (χ0v) is 13.9. The molecule has 0 aliphatic carbocycles. The second-order valence-electron chi connectivity index (χ2n) is 5.54. The minimum absolute atomic E-state index is 0.0773. The Bertz CT molecular complexity index is 641. The largest absolute Gasteiger partial charge is 0.493 e. The Kier molecular flexibility index (Phi) is 5.76. The van der Waals surface area contributed by atoms with Crippen LogP contribution in [-0.2, 0) is 16.0 Å². The van der Waals surface area contributed by atoms with Crippen LogP contribution in [0.15, 0.2) is 18.2 Å². The number of methoxy groups -OCH3 is 2. The molecule has 2 amide bonds. The number of amides is 2. The maximum atomic E-state index is 12.4. The summed E-state index contributed by atoms with van der Waals surface area (Å²) >= 11 is 0. The lowest BCUT2D eigenvalue weighted by Crippen LogP contribution is -2.53. The summed E-state index contributed by atoms with van der Waals surface area (Å²) in [5.41, 5.74) is 0.705. The molecule has 1 aliphatic rings. The van der Waals surface area contributed by atoms with Crippen LogP contribution >= 0.6 is 0 Å². The van der Waals surface area contributed by atoms with E-state index < -0.39 is 12.1 Å². The third kappa shape index (κ3) is 4.55. The quantitative estimate of drug-likeness (QED) is 0.816. The van der Waals surface area contributed by atoms with E-state index in [1.54, 1.807) is 18.2 Å². The standard InChI is InChI=1S/C16H19F3N2O4/c1-24-12-4-3-11(9-13(12)25-2)10-14(22)20-5-7-21(8-6-20)15(23)16(17,18)19/h3-4,9H,5-8,10H2,1-2H3. The number of carbonyl (C=O) groups is 2. The van der Waals surface area contributed by atoms with Gasteiger partial charge in [0.2, 0.25) is 5.91 Å². The molecule has 0 atom stereocenters. The highest BCUT2D eigenvalue weighted by Gasteiger charge is 2.43. The third-order valence-electron chi connectivity index (χ3n) is 3.97. The lowest BCUT2D eigenvalue weighted by Gasteiger charge is -2.35. The molecule has 6 nitrogen and oxygen atoms in total. The molecule has 1 fully saturated rings. The Morgan fingerprint density at radius 2 is 1.56 bits per heavy atom.